The lowest BCUT2D eigenvalue weighted by molar-refractivity contribution is 0.0957. The summed E-state index contributed by atoms with van der Waals surface area (Å²) in [6, 6.07) is 7.83. The average molecular weight is 291 g/mol. The van der Waals surface area contributed by atoms with E-state index in [2.05, 4.69) is 14.9 Å². The Morgan fingerprint density at radius 1 is 1.35 bits per heavy atom. The number of benzene rings is 1. The monoisotopic (exact) mass is 291 g/mol. The van der Waals surface area contributed by atoms with Crippen molar-refractivity contribution in [2.24, 2.45) is 0 Å². The second-order valence-electron chi connectivity index (χ2n) is 4.26. The molecular weight excluding hydrogens is 274 g/mol. The first-order chi connectivity index (χ1) is 9.74. The Morgan fingerprint density at radius 2 is 2.10 bits per heavy atom. The quantitative estimate of drug-likeness (QED) is 0.885. The standard InChI is InChI=1S/C14H17N3O2S/c1-3-12-13(20-17-16-12)14(18)15-9-8-10-4-6-11(19-2)7-5-10/h4-7H,3,8-9H2,1-2H3,(H,15,18). The maximum absolute atomic E-state index is 12.0. The van der Waals surface area contributed by atoms with Crippen LogP contribution in [0.25, 0.3) is 0 Å². The van der Waals surface area contributed by atoms with Crippen molar-refractivity contribution in [2.45, 2.75) is 19.8 Å². The van der Waals surface area contributed by atoms with E-state index in [4.69, 9.17) is 4.74 Å². The fourth-order valence-corrected chi connectivity index (χ4v) is 2.47. The largest absolute Gasteiger partial charge is 0.497 e. The van der Waals surface area contributed by atoms with Crippen LogP contribution in [0.5, 0.6) is 5.75 Å². The van der Waals surface area contributed by atoms with Gasteiger partial charge in [-0.2, -0.15) is 0 Å². The number of rotatable bonds is 6. The first-order valence-corrected chi connectivity index (χ1v) is 7.24. The normalized spacial score (nSPS) is 10.3. The number of hydrogen-bond acceptors (Lipinski definition) is 5. The minimum Gasteiger partial charge on any atom is -0.497 e. The first kappa shape index (κ1) is 14.5. The molecule has 0 atom stereocenters. The number of carbonyl (C=O) groups excluding carboxylic acids is 1. The summed E-state index contributed by atoms with van der Waals surface area (Å²) in [6.07, 6.45) is 1.50. The van der Waals surface area contributed by atoms with Gasteiger partial charge in [-0.05, 0) is 42.1 Å². The van der Waals surface area contributed by atoms with Crippen LogP contribution in [0.4, 0.5) is 0 Å². The van der Waals surface area contributed by atoms with Crippen molar-refractivity contribution in [2.75, 3.05) is 13.7 Å². The Labute approximate surface area is 122 Å². The summed E-state index contributed by atoms with van der Waals surface area (Å²) in [5.41, 5.74) is 1.92. The average Bonchev–Trinajstić information content (AvgIpc) is 2.96. The van der Waals surface area contributed by atoms with Gasteiger partial charge in [0, 0.05) is 6.54 Å². The van der Waals surface area contributed by atoms with Crippen LogP contribution in [0.3, 0.4) is 0 Å². The van der Waals surface area contributed by atoms with Gasteiger partial charge >= 0.3 is 0 Å². The van der Waals surface area contributed by atoms with Crippen LogP contribution in [0.1, 0.15) is 27.9 Å². The van der Waals surface area contributed by atoms with Gasteiger partial charge in [0.2, 0.25) is 0 Å². The maximum atomic E-state index is 12.0. The molecule has 0 aliphatic carbocycles. The second kappa shape index (κ2) is 7.00. The van der Waals surface area contributed by atoms with E-state index < -0.39 is 0 Å². The third kappa shape index (κ3) is 3.54. The molecular formula is C14H17N3O2S. The lowest BCUT2D eigenvalue weighted by Crippen LogP contribution is -2.25. The highest BCUT2D eigenvalue weighted by atomic mass is 32.1. The topological polar surface area (TPSA) is 64.1 Å². The number of aryl methyl sites for hydroxylation is 1. The molecule has 20 heavy (non-hydrogen) atoms. The van der Waals surface area contributed by atoms with Crippen molar-refractivity contribution in [3.63, 3.8) is 0 Å². The molecule has 0 aliphatic heterocycles. The summed E-state index contributed by atoms with van der Waals surface area (Å²) in [5.74, 6) is 0.742. The van der Waals surface area contributed by atoms with Gasteiger partial charge in [0.15, 0.2) is 0 Å². The fourth-order valence-electron chi connectivity index (χ4n) is 1.81. The number of amides is 1. The van der Waals surface area contributed by atoms with Crippen molar-refractivity contribution >= 4 is 17.4 Å². The van der Waals surface area contributed by atoms with E-state index in [1.54, 1.807) is 7.11 Å². The summed E-state index contributed by atoms with van der Waals surface area (Å²) in [7, 11) is 1.64. The van der Waals surface area contributed by atoms with Crippen molar-refractivity contribution in [3.8, 4) is 5.75 Å². The highest BCUT2D eigenvalue weighted by Gasteiger charge is 2.14. The molecule has 106 valence electrons. The predicted molar refractivity (Wildman–Crippen MR) is 78.3 cm³/mol. The van der Waals surface area contributed by atoms with Gasteiger partial charge in [-0.1, -0.05) is 23.5 Å². The minimum atomic E-state index is -0.0923. The molecule has 0 bridgehead atoms. The molecule has 0 radical (unpaired) electrons. The Bertz CT molecular complexity index is 566. The highest BCUT2D eigenvalue weighted by Crippen LogP contribution is 2.12. The van der Waals surface area contributed by atoms with E-state index >= 15 is 0 Å². The summed E-state index contributed by atoms with van der Waals surface area (Å²) in [4.78, 5) is 12.6. The zero-order chi connectivity index (χ0) is 14.4. The molecule has 0 saturated heterocycles. The Balaban J connectivity index is 1.84. The lowest BCUT2D eigenvalue weighted by atomic mass is 10.1. The molecule has 2 rings (SSSR count). The van der Waals surface area contributed by atoms with E-state index in [0.29, 0.717) is 11.4 Å². The van der Waals surface area contributed by atoms with Crippen LogP contribution in [-0.2, 0) is 12.8 Å². The second-order valence-corrected chi connectivity index (χ2v) is 5.01. The zero-order valence-electron chi connectivity index (χ0n) is 11.5. The van der Waals surface area contributed by atoms with Crippen molar-refractivity contribution in [1.82, 2.24) is 14.9 Å². The molecule has 0 saturated carbocycles. The van der Waals surface area contributed by atoms with Gasteiger partial charge in [0.25, 0.3) is 5.91 Å². The predicted octanol–water partition coefficient (Wildman–Crippen LogP) is 2.08. The Kier molecular flexibility index (Phi) is 5.06. The summed E-state index contributed by atoms with van der Waals surface area (Å²) in [6.45, 7) is 2.55. The van der Waals surface area contributed by atoms with E-state index in [9.17, 15) is 4.79 Å². The summed E-state index contributed by atoms with van der Waals surface area (Å²) >= 11 is 1.14. The number of aromatic nitrogens is 2. The molecule has 0 aliphatic rings. The van der Waals surface area contributed by atoms with Crippen molar-refractivity contribution in [3.05, 3.63) is 40.4 Å². The van der Waals surface area contributed by atoms with Gasteiger partial charge in [0.05, 0.1) is 12.8 Å². The Hall–Kier alpha value is -1.95. The van der Waals surface area contributed by atoms with Crippen LogP contribution in [0.2, 0.25) is 0 Å². The number of nitrogens with one attached hydrogen (secondary N) is 1. The molecule has 0 spiro atoms. The van der Waals surface area contributed by atoms with Crippen LogP contribution in [0, 0.1) is 0 Å². The van der Waals surface area contributed by atoms with Gasteiger partial charge < -0.3 is 10.1 Å². The molecule has 2 aromatic rings. The number of nitrogens with zero attached hydrogens (tertiary/aromatic N) is 2. The van der Waals surface area contributed by atoms with Gasteiger partial charge in [-0.15, -0.1) is 5.10 Å². The van der Waals surface area contributed by atoms with Crippen LogP contribution < -0.4 is 10.1 Å². The van der Waals surface area contributed by atoms with Crippen LogP contribution in [0.15, 0.2) is 24.3 Å². The molecule has 1 amide bonds. The van der Waals surface area contributed by atoms with E-state index in [0.717, 1.165) is 41.4 Å². The third-order valence-corrected chi connectivity index (χ3v) is 3.72. The SMILES string of the molecule is CCc1nnsc1C(=O)NCCc1ccc(OC)cc1. The Morgan fingerprint density at radius 3 is 2.75 bits per heavy atom. The molecule has 0 fully saturated rings. The molecule has 1 aromatic heterocycles. The van der Waals surface area contributed by atoms with Crippen LogP contribution in [-0.4, -0.2) is 29.1 Å². The molecule has 1 aromatic carbocycles. The number of hydrogen-bond donors (Lipinski definition) is 1. The smallest absolute Gasteiger partial charge is 0.264 e. The van der Waals surface area contributed by atoms with Gasteiger partial charge in [-0.3, -0.25) is 4.79 Å². The van der Waals surface area contributed by atoms with Crippen molar-refractivity contribution < 1.29 is 9.53 Å². The molecule has 1 heterocycles. The molecule has 0 unspecified atom stereocenters. The molecule has 6 heteroatoms. The van der Waals surface area contributed by atoms with Crippen LogP contribution >= 0.6 is 11.5 Å². The zero-order valence-corrected chi connectivity index (χ0v) is 12.4. The summed E-state index contributed by atoms with van der Waals surface area (Å²) in [5, 5.41) is 6.83. The van der Waals surface area contributed by atoms with Gasteiger partial charge in [-0.25, -0.2) is 0 Å². The lowest BCUT2D eigenvalue weighted by Gasteiger charge is -2.05. The number of carbonyl (C=O) groups is 1. The number of methoxy groups -OCH3 is 1. The maximum Gasteiger partial charge on any atom is 0.264 e. The molecule has 1 N–H and O–H groups in total. The third-order valence-electron chi connectivity index (χ3n) is 2.96. The van der Waals surface area contributed by atoms with Gasteiger partial charge in [0.1, 0.15) is 10.6 Å². The fraction of sp³-hybridized carbons (Fsp3) is 0.357. The minimum absolute atomic E-state index is 0.0923. The van der Waals surface area contributed by atoms with E-state index in [-0.39, 0.29) is 5.91 Å². The van der Waals surface area contributed by atoms with E-state index in [1.165, 1.54) is 0 Å². The van der Waals surface area contributed by atoms with Crippen molar-refractivity contribution in [1.29, 1.82) is 0 Å². The van der Waals surface area contributed by atoms with E-state index in [1.807, 2.05) is 31.2 Å². The molecule has 5 nitrogen and oxygen atoms in total. The highest BCUT2D eigenvalue weighted by molar-refractivity contribution is 7.08. The number of ether oxygens (including phenoxy) is 1. The summed E-state index contributed by atoms with van der Waals surface area (Å²) < 4.78 is 8.92. The first-order valence-electron chi connectivity index (χ1n) is 6.47.